The molecule has 1 amide bonds. The first-order chi connectivity index (χ1) is 9.58. The Balaban J connectivity index is 1.98. The monoisotopic (exact) mass is 293 g/mol. The fourth-order valence-electron chi connectivity index (χ4n) is 2.15. The largest absolute Gasteiger partial charge is 0.362 e. The summed E-state index contributed by atoms with van der Waals surface area (Å²) in [7, 11) is 4.26. The van der Waals surface area contributed by atoms with E-state index in [-0.39, 0.29) is 12.5 Å². The summed E-state index contributed by atoms with van der Waals surface area (Å²) in [6.07, 6.45) is 1.05. The second-order valence-corrected chi connectivity index (χ2v) is 5.58. The fraction of sp³-hybridized carbons (Fsp3) is 0.429. The van der Waals surface area contributed by atoms with Crippen molar-refractivity contribution < 1.29 is 9.69 Å². The number of thiocarbonyl (C=S) groups is 1. The van der Waals surface area contributed by atoms with E-state index in [0.717, 1.165) is 30.9 Å². The molecule has 1 aliphatic heterocycles. The minimum atomic E-state index is -0.0365. The number of hydrogen-bond acceptors (Lipinski definition) is 2. The zero-order valence-electron chi connectivity index (χ0n) is 11.9. The van der Waals surface area contributed by atoms with Crippen LogP contribution in [0, 0.1) is 0 Å². The third-order valence-electron chi connectivity index (χ3n) is 3.15. The molecule has 20 heavy (non-hydrogen) atoms. The zero-order chi connectivity index (χ0) is 14.5. The van der Waals surface area contributed by atoms with Crippen LogP contribution in [0.1, 0.15) is 6.42 Å². The van der Waals surface area contributed by atoms with Crippen molar-refractivity contribution in [2.45, 2.75) is 6.42 Å². The second-order valence-electron chi connectivity index (χ2n) is 5.19. The molecule has 3 N–H and O–H groups in total. The molecule has 1 aliphatic rings. The lowest BCUT2D eigenvalue weighted by atomic mass is 10.2. The smallest absolute Gasteiger partial charge is 0.244 e. The van der Waals surface area contributed by atoms with Crippen molar-refractivity contribution in [3.8, 4) is 0 Å². The van der Waals surface area contributed by atoms with Crippen molar-refractivity contribution in [1.82, 2.24) is 5.32 Å². The van der Waals surface area contributed by atoms with E-state index in [4.69, 9.17) is 12.2 Å². The van der Waals surface area contributed by atoms with Gasteiger partial charge in [-0.3, -0.25) is 4.79 Å². The molecule has 1 aromatic rings. The van der Waals surface area contributed by atoms with E-state index in [1.807, 2.05) is 29.2 Å². The van der Waals surface area contributed by atoms with Gasteiger partial charge in [-0.2, -0.15) is 0 Å². The highest BCUT2D eigenvalue weighted by atomic mass is 32.1. The molecule has 6 heteroatoms. The zero-order valence-corrected chi connectivity index (χ0v) is 12.7. The van der Waals surface area contributed by atoms with E-state index in [1.54, 1.807) is 0 Å². The van der Waals surface area contributed by atoms with E-state index in [0.29, 0.717) is 5.11 Å². The number of benzene rings is 1. The molecular weight excluding hydrogens is 272 g/mol. The molecule has 0 atom stereocenters. The van der Waals surface area contributed by atoms with E-state index in [2.05, 4.69) is 24.7 Å². The lowest BCUT2D eigenvalue weighted by molar-refractivity contribution is -0.858. The molecule has 5 nitrogen and oxygen atoms in total. The summed E-state index contributed by atoms with van der Waals surface area (Å²) in [6.45, 7) is 2.18. The lowest BCUT2D eigenvalue weighted by Crippen LogP contribution is -3.05. The van der Waals surface area contributed by atoms with Crippen molar-refractivity contribution in [2.24, 2.45) is 0 Å². The van der Waals surface area contributed by atoms with E-state index in [1.165, 1.54) is 4.90 Å². The molecule has 0 spiro atoms. The molecule has 2 rings (SSSR count). The highest BCUT2D eigenvalue weighted by Crippen LogP contribution is 2.28. The predicted molar refractivity (Wildman–Crippen MR) is 85.3 cm³/mol. The van der Waals surface area contributed by atoms with Crippen molar-refractivity contribution in [1.29, 1.82) is 0 Å². The summed E-state index contributed by atoms with van der Waals surface area (Å²) >= 11 is 5.41. The van der Waals surface area contributed by atoms with Crippen molar-refractivity contribution >= 4 is 34.6 Å². The Bertz CT molecular complexity index is 504. The number of anilines is 2. The molecule has 0 radical (unpaired) electrons. The second kappa shape index (κ2) is 6.67. The Hall–Kier alpha value is -1.66. The van der Waals surface area contributed by atoms with Crippen LogP contribution in [0.5, 0.6) is 0 Å². The van der Waals surface area contributed by atoms with Crippen LogP contribution < -0.4 is 20.4 Å². The lowest BCUT2D eigenvalue weighted by Gasteiger charge is -2.31. The molecule has 0 aromatic heterocycles. The highest BCUT2D eigenvalue weighted by Gasteiger charge is 2.24. The number of nitrogens with one attached hydrogen (secondary N) is 3. The average Bonchev–Trinajstić information content (AvgIpc) is 2.42. The maximum absolute atomic E-state index is 11.7. The van der Waals surface area contributed by atoms with Gasteiger partial charge < -0.3 is 20.4 Å². The number of amides is 1. The molecule has 0 saturated heterocycles. The first-order valence-electron chi connectivity index (χ1n) is 6.81. The summed E-state index contributed by atoms with van der Waals surface area (Å²) in [4.78, 5) is 15.0. The van der Waals surface area contributed by atoms with Gasteiger partial charge in [-0.25, -0.2) is 0 Å². The molecule has 0 fully saturated rings. The normalized spacial score (nSPS) is 13.9. The average molecular weight is 293 g/mol. The minimum Gasteiger partial charge on any atom is -0.362 e. The van der Waals surface area contributed by atoms with E-state index in [9.17, 15) is 4.79 Å². The van der Waals surface area contributed by atoms with Gasteiger partial charge in [-0.05, 0) is 24.4 Å². The van der Waals surface area contributed by atoms with Crippen LogP contribution in [0.15, 0.2) is 24.3 Å². The maximum Gasteiger partial charge on any atom is 0.244 e. The Labute approximate surface area is 124 Å². The van der Waals surface area contributed by atoms with Crippen molar-refractivity contribution in [2.75, 3.05) is 43.9 Å². The van der Waals surface area contributed by atoms with Crippen LogP contribution in [0.3, 0.4) is 0 Å². The van der Waals surface area contributed by atoms with E-state index >= 15 is 0 Å². The predicted octanol–water partition coefficient (Wildman–Crippen LogP) is -0.146. The van der Waals surface area contributed by atoms with Gasteiger partial charge in [0.05, 0.1) is 32.0 Å². The minimum absolute atomic E-state index is 0.0365. The quantitative estimate of drug-likeness (QED) is 0.534. The molecule has 1 aromatic carbocycles. The number of carbonyl (C=O) groups is 1. The van der Waals surface area contributed by atoms with Gasteiger partial charge in [0.15, 0.2) is 5.11 Å². The van der Waals surface area contributed by atoms with Crippen molar-refractivity contribution in [3.63, 3.8) is 0 Å². The van der Waals surface area contributed by atoms with Crippen molar-refractivity contribution in [3.05, 3.63) is 24.3 Å². The van der Waals surface area contributed by atoms with Gasteiger partial charge in [-0.1, -0.05) is 12.1 Å². The molecule has 1 heterocycles. The summed E-state index contributed by atoms with van der Waals surface area (Å²) in [5.41, 5.74) is 1.76. The Morgan fingerprint density at radius 1 is 1.45 bits per heavy atom. The van der Waals surface area contributed by atoms with Gasteiger partial charge in [0.2, 0.25) is 5.91 Å². The summed E-state index contributed by atoms with van der Waals surface area (Å²) in [6, 6.07) is 7.70. The first kappa shape index (κ1) is 14.7. The Kier molecular flexibility index (Phi) is 4.92. The van der Waals surface area contributed by atoms with Crippen LogP contribution in [-0.2, 0) is 4.79 Å². The fourth-order valence-corrected chi connectivity index (χ4v) is 2.41. The molecule has 108 valence electrons. The third kappa shape index (κ3) is 3.68. The number of fused-ring (bicyclic) bond motifs is 1. The highest BCUT2D eigenvalue weighted by molar-refractivity contribution is 7.80. The molecule has 0 bridgehead atoms. The molecule has 0 aliphatic carbocycles. The number of para-hydroxylation sites is 2. The number of rotatable bonds is 4. The summed E-state index contributed by atoms with van der Waals surface area (Å²) < 4.78 is 0. The van der Waals surface area contributed by atoms with Crippen LogP contribution >= 0.6 is 12.2 Å². The van der Waals surface area contributed by atoms with Crippen LogP contribution in [0.4, 0.5) is 11.4 Å². The topological polar surface area (TPSA) is 48.8 Å². The summed E-state index contributed by atoms with van der Waals surface area (Å²) in [5.74, 6) is -0.0365. The maximum atomic E-state index is 11.7. The third-order valence-corrected chi connectivity index (χ3v) is 3.51. The van der Waals surface area contributed by atoms with Gasteiger partial charge in [-0.15, -0.1) is 0 Å². The van der Waals surface area contributed by atoms with Crippen LogP contribution in [-0.4, -0.2) is 44.7 Å². The number of carbonyl (C=O) groups excluding carboxylic acids is 1. The van der Waals surface area contributed by atoms with Gasteiger partial charge in [0.25, 0.3) is 0 Å². The Morgan fingerprint density at radius 3 is 2.95 bits per heavy atom. The standard InChI is InChI=1S/C14H20N4OS/c1-17(2)9-5-8-15-14(20)18-10-13(19)16-11-6-3-4-7-12(11)18/h3-4,6-7H,5,8-10H2,1-2H3,(H,15,20)(H,16,19)/p+1. The number of quaternary nitrogens is 1. The molecule has 0 unspecified atom stereocenters. The number of hydrogen-bond donors (Lipinski definition) is 3. The summed E-state index contributed by atoms with van der Waals surface area (Å²) in [5, 5.41) is 6.70. The van der Waals surface area contributed by atoms with E-state index < -0.39 is 0 Å². The molecule has 0 saturated carbocycles. The number of nitrogens with zero attached hydrogens (tertiary/aromatic N) is 1. The van der Waals surface area contributed by atoms with Crippen LogP contribution in [0.2, 0.25) is 0 Å². The van der Waals surface area contributed by atoms with Gasteiger partial charge >= 0.3 is 0 Å². The Morgan fingerprint density at radius 2 is 2.20 bits per heavy atom. The van der Waals surface area contributed by atoms with Gasteiger partial charge in [0, 0.05) is 13.0 Å². The SMILES string of the molecule is C[NH+](C)CCCNC(=S)N1CC(=O)Nc2ccccc21. The molecular formula is C14H21N4OS+. The van der Waals surface area contributed by atoms with Gasteiger partial charge in [0.1, 0.15) is 6.54 Å². The van der Waals surface area contributed by atoms with Crippen LogP contribution in [0.25, 0.3) is 0 Å². The first-order valence-corrected chi connectivity index (χ1v) is 7.22.